The van der Waals surface area contributed by atoms with Crippen molar-refractivity contribution >= 4 is 0 Å². The van der Waals surface area contributed by atoms with Crippen molar-refractivity contribution in [2.24, 2.45) is 11.3 Å². The number of methoxy groups -OCH3 is 1. The van der Waals surface area contributed by atoms with E-state index in [0.29, 0.717) is 5.41 Å². The second-order valence-corrected chi connectivity index (χ2v) is 5.96. The highest BCUT2D eigenvalue weighted by Crippen LogP contribution is 2.45. The van der Waals surface area contributed by atoms with E-state index in [1.807, 2.05) is 0 Å². The van der Waals surface area contributed by atoms with Gasteiger partial charge in [0.1, 0.15) is 0 Å². The molecule has 1 aliphatic carbocycles. The van der Waals surface area contributed by atoms with Crippen LogP contribution in [0.3, 0.4) is 0 Å². The molecule has 0 saturated heterocycles. The molecule has 1 N–H and O–H groups in total. The fraction of sp³-hybridized carbons (Fsp3) is 1.00. The van der Waals surface area contributed by atoms with Crippen molar-refractivity contribution in [2.45, 2.75) is 46.1 Å². The van der Waals surface area contributed by atoms with E-state index >= 15 is 0 Å². The Morgan fingerprint density at radius 2 is 1.79 bits per heavy atom. The second kappa shape index (κ2) is 4.19. The predicted molar refractivity (Wildman–Crippen MR) is 60.5 cm³/mol. The summed E-state index contributed by atoms with van der Waals surface area (Å²) in [7, 11) is 1.80. The fourth-order valence-corrected chi connectivity index (χ4v) is 1.89. The number of nitrogens with one attached hydrogen (secondary N) is 1. The van der Waals surface area contributed by atoms with Crippen LogP contribution in [0.2, 0.25) is 0 Å². The van der Waals surface area contributed by atoms with Gasteiger partial charge >= 0.3 is 0 Å². The zero-order chi connectivity index (χ0) is 10.8. The summed E-state index contributed by atoms with van der Waals surface area (Å²) >= 11 is 0. The number of rotatable bonds is 5. The second-order valence-electron chi connectivity index (χ2n) is 5.96. The molecule has 1 aliphatic rings. The molecule has 2 nitrogen and oxygen atoms in total. The maximum atomic E-state index is 5.33. The van der Waals surface area contributed by atoms with Gasteiger partial charge in [0.05, 0.1) is 6.61 Å². The molecule has 2 heteroatoms. The first-order chi connectivity index (χ1) is 6.37. The maximum Gasteiger partial charge on any atom is 0.0530 e. The van der Waals surface area contributed by atoms with Crippen molar-refractivity contribution in [1.29, 1.82) is 0 Å². The van der Waals surface area contributed by atoms with Crippen molar-refractivity contribution in [3.8, 4) is 0 Å². The molecule has 0 spiro atoms. The lowest BCUT2D eigenvalue weighted by molar-refractivity contribution is 0.0699. The third-order valence-corrected chi connectivity index (χ3v) is 3.06. The quantitative estimate of drug-likeness (QED) is 0.734. The van der Waals surface area contributed by atoms with Crippen molar-refractivity contribution in [3.63, 3.8) is 0 Å². The van der Waals surface area contributed by atoms with Crippen LogP contribution in [0, 0.1) is 11.3 Å². The fourth-order valence-electron chi connectivity index (χ4n) is 1.89. The molecule has 0 aromatic rings. The molecule has 0 bridgehead atoms. The summed E-state index contributed by atoms with van der Waals surface area (Å²) in [6.45, 7) is 10.9. The molecule has 1 saturated carbocycles. The van der Waals surface area contributed by atoms with Gasteiger partial charge in [0, 0.05) is 24.6 Å². The van der Waals surface area contributed by atoms with E-state index in [2.05, 4.69) is 33.0 Å². The van der Waals surface area contributed by atoms with E-state index in [1.54, 1.807) is 7.11 Å². The van der Waals surface area contributed by atoms with Crippen LogP contribution in [0.25, 0.3) is 0 Å². The van der Waals surface area contributed by atoms with E-state index in [4.69, 9.17) is 4.74 Å². The van der Waals surface area contributed by atoms with Gasteiger partial charge in [-0.15, -0.1) is 0 Å². The highest BCUT2D eigenvalue weighted by Gasteiger charge is 2.41. The Bertz CT molecular complexity index is 181. The van der Waals surface area contributed by atoms with Crippen LogP contribution in [-0.2, 0) is 4.74 Å². The average Bonchev–Trinajstić information content (AvgIpc) is 2.82. The Hall–Kier alpha value is -0.0800. The Labute approximate surface area is 88.4 Å². The Balaban J connectivity index is 2.43. The Kier molecular flexibility index (Phi) is 3.59. The Morgan fingerprint density at radius 3 is 2.14 bits per heavy atom. The summed E-state index contributed by atoms with van der Waals surface area (Å²) in [4.78, 5) is 0. The first-order valence-electron chi connectivity index (χ1n) is 5.61. The third kappa shape index (κ3) is 3.58. The largest absolute Gasteiger partial charge is 0.384 e. The van der Waals surface area contributed by atoms with Gasteiger partial charge in [-0.2, -0.15) is 0 Å². The van der Waals surface area contributed by atoms with Gasteiger partial charge < -0.3 is 10.1 Å². The molecule has 1 unspecified atom stereocenters. The lowest BCUT2D eigenvalue weighted by Gasteiger charge is -2.33. The molecule has 1 fully saturated rings. The number of hydrogen-bond donors (Lipinski definition) is 1. The summed E-state index contributed by atoms with van der Waals surface area (Å²) < 4.78 is 5.33. The van der Waals surface area contributed by atoms with Crippen molar-refractivity contribution in [1.82, 2.24) is 5.32 Å². The van der Waals surface area contributed by atoms with Crippen LogP contribution in [0.4, 0.5) is 0 Å². The van der Waals surface area contributed by atoms with E-state index in [1.165, 1.54) is 12.8 Å². The van der Waals surface area contributed by atoms with Crippen molar-refractivity contribution in [3.05, 3.63) is 0 Å². The minimum atomic E-state index is 0.212. The Morgan fingerprint density at radius 1 is 1.21 bits per heavy atom. The zero-order valence-electron chi connectivity index (χ0n) is 10.3. The van der Waals surface area contributed by atoms with Gasteiger partial charge in [0.15, 0.2) is 0 Å². The minimum Gasteiger partial charge on any atom is -0.384 e. The van der Waals surface area contributed by atoms with Crippen LogP contribution in [0.5, 0.6) is 0 Å². The lowest BCUT2D eigenvalue weighted by atomic mass is 9.85. The average molecular weight is 199 g/mol. The molecule has 0 aromatic heterocycles. The van der Waals surface area contributed by atoms with Gasteiger partial charge in [-0.1, -0.05) is 6.92 Å². The van der Waals surface area contributed by atoms with Crippen molar-refractivity contribution < 1.29 is 4.74 Å². The van der Waals surface area contributed by atoms with E-state index < -0.39 is 0 Å². The molecular weight excluding hydrogens is 174 g/mol. The van der Waals surface area contributed by atoms with Crippen LogP contribution >= 0.6 is 0 Å². The molecule has 0 amide bonds. The molecule has 14 heavy (non-hydrogen) atoms. The summed E-state index contributed by atoms with van der Waals surface area (Å²) in [6, 6.07) is 0. The predicted octanol–water partition coefficient (Wildman–Crippen LogP) is 2.44. The van der Waals surface area contributed by atoms with Crippen LogP contribution in [0.1, 0.15) is 40.5 Å². The van der Waals surface area contributed by atoms with Crippen LogP contribution in [-0.4, -0.2) is 25.8 Å². The van der Waals surface area contributed by atoms with Crippen LogP contribution < -0.4 is 5.32 Å². The van der Waals surface area contributed by atoms with Crippen molar-refractivity contribution in [2.75, 3.05) is 20.3 Å². The van der Waals surface area contributed by atoms with E-state index in [9.17, 15) is 0 Å². The molecular formula is C12H25NO. The van der Waals surface area contributed by atoms with Gasteiger partial charge in [-0.3, -0.25) is 0 Å². The zero-order valence-corrected chi connectivity index (χ0v) is 10.3. The first kappa shape index (κ1) is 12.0. The topological polar surface area (TPSA) is 21.3 Å². The molecule has 1 atom stereocenters. The summed E-state index contributed by atoms with van der Waals surface area (Å²) in [5.74, 6) is 0.872. The number of ether oxygens (including phenoxy) is 1. The normalized spacial score (nSPS) is 22.1. The maximum absolute atomic E-state index is 5.33. The van der Waals surface area contributed by atoms with Gasteiger partial charge in [0.25, 0.3) is 0 Å². The highest BCUT2D eigenvalue weighted by atomic mass is 16.5. The minimum absolute atomic E-state index is 0.212. The van der Waals surface area contributed by atoms with E-state index in [-0.39, 0.29) is 5.54 Å². The molecule has 84 valence electrons. The number of hydrogen-bond acceptors (Lipinski definition) is 2. The van der Waals surface area contributed by atoms with Crippen LogP contribution in [0.15, 0.2) is 0 Å². The summed E-state index contributed by atoms with van der Waals surface area (Å²) in [6.07, 6.45) is 2.76. The lowest BCUT2D eigenvalue weighted by Crippen LogP contribution is -2.45. The molecule has 0 aliphatic heterocycles. The summed E-state index contributed by atoms with van der Waals surface area (Å²) in [5, 5.41) is 3.59. The SMILES string of the molecule is COCC(C)(CNC(C)(C)C)C1CC1. The molecule has 0 aromatic carbocycles. The molecule has 1 rings (SSSR count). The van der Waals surface area contributed by atoms with E-state index in [0.717, 1.165) is 19.1 Å². The van der Waals surface area contributed by atoms with Gasteiger partial charge in [-0.05, 0) is 39.5 Å². The molecule has 0 heterocycles. The van der Waals surface area contributed by atoms with Gasteiger partial charge in [-0.25, -0.2) is 0 Å². The summed E-state index contributed by atoms with van der Waals surface area (Å²) in [5.41, 5.74) is 0.548. The molecule has 0 radical (unpaired) electrons. The first-order valence-corrected chi connectivity index (χ1v) is 5.61. The highest BCUT2D eigenvalue weighted by molar-refractivity contribution is 4.93. The standard InChI is InChI=1S/C12H25NO/c1-11(2,3)13-8-12(4,9-14-5)10-6-7-10/h10,13H,6-9H2,1-5H3. The smallest absolute Gasteiger partial charge is 0.0530 e. The monoisotopic (exact) mass is 199 g/mol. The van der Waals surface area contributed by atoms with Gasteiger partial charge in [0.2, 0.25) is 0 Å². The third-order valence-electron chi connectivity index (χ3n) is 3.06.